The lowest BCUT2D eigenvalue weighted by atomic mass is 9.64. The number of carbonyl (C=O) groups excluding carboxylic acids is 2. The standard InChI is InChI=1S/C27H39N3O4S/c1-25(2)19-8-10-27(25,21(15-19)24(32)22(28)16-23(29)31)17-35(33,34)30-13-11-26(12-14-30)9-7-18-5-3-4-6-20(18)26/h3-6,19,21-22H,7-17,28H2,1-2H3,(H2,29,31)/t19-,21-,22-,27-/m1/s1. The molecule has 2 bridgehead atoms. The van der Waals surface area contributed by atoms with E-state index in [-0.39, 0.29) is 34.7 Å². The van der Waals surface area contributed by atoms with Crippen LogP contribution in [-0.4, -0.2) is 49.3 Å². The van der Waals surface area contributed by atoms with Gasteiger partial charge >= 0.3 is 0 Å². The second-order valence-corrected chi connectivity index (χ2v) is 14.1. The van der Waals surface area contributed by atoms with E-state index < -0.39 is 33.3 Å². The summed E-state index contributed by atoms with van der Waals surface area (Å²) in [6.07, 6.45) is 5.92. The Morgan fingerprint density at radius 3 is 2.46 bits per heavy atom. The molecule has 192 valence electrons. The molecule has 4 atom stereocenters. The summed E-state index contributed by atoms with van der Waals surface area (Å²) in [4.78, 5) is 24.8. The van der Waals surface area contributed by atoms with Gasteiger partial charge in [0, 0.05) is 30.8 Å². The van der Waals surface area contributed by atoms with Crippen LogP contribution in [0.4, 0.5) is 0 Å². The van der Waals surface area contributed by atoms with Crippen molar-refractivity contribution in [1.29, 1.82) is 0 Å². The number of sulfonamides is 1. The molecule has 7 nitrogen and oxygen atoms in total. The van der Waals surface area contributed by atoms with E-state index in [0.717, 1.165) is 32.1 Å². The average Bonchev–Trinajstić information content (AvgIpc) is 3.35. The molecule has 8 heteroatoms. The van der Waals surface area contributed by atoms with Crippen LogP contribution in [0, 0.1) is 22.7 Å². The third-order valence-corrected chi connectivity index (χ3v) is 12.6. The molecular weight excluding hydrogens is 462 g/mol. The molecule has 1 spiro atoms. The Morgan fingerprint density at radius 1 is 1.11 bits per heavy atom. The van der Waals surface area contributed by atoms with Crippen molar-refractivity contribution in [3.05, 3.63) is 35.4 Å². The van der Waals surface area contributed by atoms with E-state index in [1.165, 1.54) is 11.1 Å². The molecule has 3 aliphatic carbocycles. The van der Waals surface area contributed by atoms with Crippen LogP contribution in [-0.2, 0) is 31.4 Å². The van der Waals surface area contributed by atoms with Gasteiger partial charge in [-0.25, -0.2) is 12.7 Å². The van der Waals surface area contributed by atoms with Gasteiger partial charge in [0.05, 0.1) is 11.8 Å². The van der Waals surface area contributed by atoms with Crippen LogP contribution < -0.4 is 11.5 Å². The first-order valence-corrected chi connectivity index (χ1v) is 14.7. The second kappa shape index (κ2) is 8.38. The molecule has 0 radical (unpaired) electrons. The van der Waals surface area contributed by atoms with Gasteiger partial charge in [0.25, 0.3) is 0 Å². The summed E-state index contributed by atoms with van der Waals surface area (Å²) in [6.45, 7) is 5.29. The predicted molar refractivity (Wildman–Crippen MR) is 135 cm³/mol. The van der Waals surface area contributed by atoms with Gasteiger partial charge in [-0.1, -0.05) is 38.1 Å². The van der Waals surface area contributed by atoms with Crippen LogP contribution in [0.3, 0.4) is 0 Å². The highest BCUT2D eigenvalue weighted by Gasteiger charge is 2.67. The van der Waals surface area contributed by atoms with Crippen molar-refractivity contribution in [2.45, 2.75) is 76.7 Å². The number of rotatable bonds is 7. The molecule has 1 amide bonds. The normalized spacial score (nSPS) is 32.0. The van der Waals surface area contributed by atoms with E-state index in [1.54, 1.807) is 4.31 Å². The number of piperidine rings is 1. The maximum atomic E-state index is 13.9. The quantitative estimate of drug-likeness (QED) is 0.594. The van der Waals surface area contributed by atoms with Crippen molar-refractivity contribution >= 4 is 21.7 Å². The number of primary amides is 1. The SMILES string of the molecule is CC1(C)[C@@H]2CC[C@@]1(CS(=O)(=O)N1CCC3(CCc4ccccc43)CC1)[C@@H](C(=O)[C@H](N)CC(N)=O)C2. The van der Waals surface area contributed by atoms with Crippen molar-refractivity contribution in [2.75, 3.05) is 18.8 Å². The monoisotopic (exact) mass is 501 g/mol. The van der Waals surface area contributed by atoms with Gasteiger partial charge in [-0.2, -0.15) is 0 Å². The number of hydrogen-bond donors (Lipinski definition) is 2. The van der Waals surface area contributed by atoms with Crippen molar-refractivity contribution in [2.24, 2.45) is 34.1 Å². The van der Waals surface area contributed by atoms with E-state index in [4.69, 9.17) is 11.5 Å². The van der Waals surface area contributed by atoms with Crippen LogP contribution in [0.15, 0.2) is 24.3 Å². The molecule has 0 unspecified atom stereocenters. The predicted octanol–water partition coefficient (Wildman–Crippen LogP) is 2.51. The zero-order chi connectivity index (χ0) is 25.2. The Bertz CT molecular complexity index is 1140. The van der Waals surface area contributed by atoms with E-state index in [1.807, 2.05) is 0 Å². The number of benzene rings is 1. The summed E-state index contributed by atoms with van der Waals surface area (Å²) >= 11 is 0. The van der Waals surface area contributed by atoms with Crippen molar-refractivity contribution in [3.8, 4) is 0 Å². The highest BCUT2D eigenvalue weighted by Crippen LogP contribution is 2.69. The first-order valence-electron chi connectivity index (χ1n) is 13.1. The van der Waals surface area contributed by atoms with Crippen LogP contribution in [0.1, 0.15) is 69.9 Å². The zero-order valence-electron chi connectivity index (χ0n) is 21.0. The number of fused-ring (bicyclic) bond motifs is 4. The summed E-state index contributed by atoms with van der Waals surface area (Å²) in [5.41, 5.74) is 13.3. The lowest BCUT2D eigenvalue weighted by Crippen LogP contribution is -2.53. The minimum atomic E-state index is -3.57. The molecule has 35 heavy (non-hydrogen) atoms. The lowest BCUT2D eigenvalue weighted by molar-refractivity contribution is -0.131. The van der Waals surface area contributed by atoms with Crippen molar-refractivity contribution < 1.29 is 18.0 Å². The van der Waals surface area contributed by atoms with Crippen molar-refractivity contribution in [1.82, 2.24) is 4.31 Å². The first kappa shape index (κ1) is 24.9. The van der Waals surface area contributed by atoms with Gasteiger partial charge in [0.1, 0.15) is 0 Å². The summed E-state index contributed by atoms with van der Waals surface area (Å²) < 4.78 is 29.5. The molecular formula is C27H39N3O4S. The van der Waals surface area contributed by atoms with E-state index in [0.29, 0.717) is 25.9 Å². The number of carbonyl (C=O) groups is 2. The van der Waals surface area contributed by atoms with Crippen molar-refractivity contribution in [3.63, 3.8) is 0 Å². The molecule has 4 aliphatic rings. The highest BCUT2D eigenvalue weighted by molar-refractivity contribution is 7.89. The molecule has 5 rings (SSSR count). The number of amides is 1. The van der Waals surface area contributed by atoms with E-state index >= 15 is 0 Å². The molecule has 1 aromatic rings. The Morgan fingerprint density at radius 2 is 1.80 bits per heavy atom. The number of ketones is 1. The van der Waals surface area contributed by atoms with E-state index in [2.05, 4.69) is 38.1 Å². The number of Topliss-reactive ketones (excluding diaryl/α,β-unsaturated/α-hetero) is 1. The van der Waals surface area contributed by atoms with Gasteiger partial charge in [0.15, 0.2) is 5.78 Å². The largest absolute Gasteiger partial charge is 0.370 e. The smallest absolute Gasteiger partial charge is 0.219 e. The molecule has 1 aromatic carbocycles. The summed E-state index contributed by atoms with van der Waals surface area (Å²) in [6, 6.07) is 7.63. The maximum Gasteiger partial charge on any atom is 0.219 e. The maximum absolute atomic E-state index is 13.9. The van der Waals surface area contributed by atoms with Crippen LogP contribution in [0.25, 0.3) is 0 Å². The molecule has 2 saturated carbocycles. The number of aryl methyl sites for hydroxylation is 1. The van der Waals surface area contributed by atoms with Crippen LogP contribution in [0.5, 0.6) is 0 Å². The molecule has 4 N–H and O–H groups in total. The minimum absolute atomic E-state index is 0.0210. The summed E-state index contributed by atoms with van der Waals surface area (Å²) in [5, 5.41) is 0. The molecule has 3 fully saturated rings. The number of nitrogens with zero attached hydrogens (tertiary/aromatic N) is 1. The Labute approximate surface area is 209 Å². The fraction of sp³-hybridized carbons (Fsp3) is 0.704. The molecule has 0 aromatic heterocycles. The van der Waals surface area contributed by atoms with E-state index in [9.17, 15) is 18.0 Å². The fourth-order valence-corrected chi connectivity index (χ4v) is 10.6. The van der Waals surface area contributed by atoms with Gasteiger partial charge in [-0.05, 0) is 72.8 Å². The Balaban J connectivity index is 1.36. The minimum Gasteiger partial charge on any atom is -0.370 e. The Kier molecular flexibility index (Phi) is 5.97. The third-order valence-electron chi connectivity index (χ3n) is 10.5. The average molecular weight is 502 g/mol. The van der Waals surface area contributed by atoms with Gasteiger partial charge in [0.2, 0.25) is 15.9 Å². The number of nitrogens with two attached hydrogens (primary N) is 2. The molecule has 1 heterocycles. The van der Waals surface area contributed by atoms with Gasteiger partial charge in [-0.3, -0.25) is 9.59 Å². The lowest BCUT2D eigenvalue weighted by Gasteiger charge is -2.45. The fourth-order valence-electron chi connectivity index (χ4n) is 8.28. The summed E-state index contributed by atoms with van der Waals surface area (Å²) in [7, 11) is -3.57. The third kappa shape index (κ3) is 3.78. The summed E-state index contributed by atoms with van der Waals surface area (Å²) in [5.74, 6) is -0.988. The Hall–Kier alpha value is -1.77. The zero-order valence-corrected chi connectivity index (χ0v) is 21.8. The van der Waals surface area contributed by atoms with Gasteiger partial charge < -0.3 is 11.5 Å². The number of hydrogen-bond acceptors (Lipinski definition) is 5. The van der Waals surface area contributed by atoms with Gasteiger partial charge in [-0.15, -0.1) is 0 Å². The molecule has 1 aliphatic heterocycles. The molecule has 1 saturated heterocycles. The second-order valence-electron chi connectivity index (χ2n) is 12.2. The topological polar surface area (TPSA) is 124 Å². The first-order chi connectivity index (χ1) is 16.4. The highest BCUT2D eigenvalue weighted by atomic mass is 32.2. The van der Waals surface area contributed by atoms with Crippen LogP contribution >= 0.6 is 0 Å². The van der Waals surface area contributed by atoms with Crippen LogP contribution in [0.2, 0.25) is 0 Å².